The van der Waals surface area contributed by atoms with Crippen LogP contribution < -0.4 is 15.0 Å². The summed E-state index contributed by atoms with van der Waals surface area (Å²) in [4.78, 5) is 16.9. The Hall–Kier alpha value is -2.87. The lowest BCUT2D eigenvalue weighted by Gasteiger charge is -2.43. The molecule has 2 aromatic rings. The van der Waals surface area contributed by atoms with Crippen molar-refractivity contribution in [3.8, 4) is 5.75 Å². The predicted octanol–water partition coefficient (Wildman–Crippen LogP) is 2.66. The smallest absolute Gasteiger partial charge is 0.406 e. The molecular weight excluding hydrogens is 527 g/mol. The van der Waals surface area contributed by atoms with Gasteiger partial charge in [0, 0.05) is 56.3 Å². The Labute approximate surface area is 219 Å². The number of hydrogen-bond donors (Lipinski definition) is 2. The number of sulfone groups is 1. The molecule has 0 saturated carbocycles. The molecule has 2 fully saturated rings. The summed E-state index contributed by atoms with van der Waals surface area (Å²) in [6, 6.07) is 11.1. The summed E-state index contributed by atoms with van der Waals surface area (Å²) in [6.07, 6.45) is -2.93. The average Bonchev–Trinajstić information content (AvgIpc) is 3.24. The Bertz CT molecular complexity index is 1220. The molecule has 9 nitrogen and oxygen atoms in total. The quantitative estimate of drug-likeness (QED) is 0.510. The van der Waals surface area contributed by atoms with Gasteiger partial charge in [0.1, 0.15) is 5.75 Å². The molecule has 0 bridgehead atoms. The fraction of sp³-hybridized carbons (Fsp3) is 0.480. The van der Waals surface area contributed by atoms with E-state index in [9.17, 15) is 31.5 Å². The van der Waals surface area contributed by atoms with Gasteiger partial charge in [0.25, 0.3) is 0 Å². The maximum atomic E-state index is 12.7. The summed E-state index contributed by atoms with van der Waals surface area (Å²) in [5.74, 6) is -0.600. The van der Waals surface area contributed by atoms with Crippen LogP contribution in [0.2, 0.25) is 0 Å². The van der Waals surface area contributed by atoms with Crippen LogP contribution >= 0.6 is 0 Å². The van der Waals surface area contributed by atoms with Crippen LogP contribution in [0.4, 0.5) is 24.5 Å². The van der Waals surface area contributed by atoms with Gasteiger partial charge in [0.2, 0.25) is 5.91 Å². The van der Waals surface area contributed by atoms with Crippen LogP contribution in [0.15, 0.2) is 53.4 Å². The molecule has 2 aromatic carbocycles. The van der Waals surface area contributed by atoms with Crippen molar-refractivity contribution < 1.29 is 41.0 Å². The highest BCUT2D eigenvalue weighted by molar-refractivity contribution is 7.90. The van der Waals surface area contributed by atoms with Gasteiger partial charge < -0.3 is 24.8 Å². The van der Waals surface area contributed by atoms with Gasteiger partial charge >= 0.3 is 6.36 Å². The third-order valence-electron chi connectivity index (χ3n) is 6.74. The molecule has 0 radical (unpaired) electrons. The summed E-state index contributed by atoms with van der Waals surface area (Å²) in [5.41, 5.74) is 0.665. The standard InChI is InChI=1S/C25H30F3N3O6S/c1-38(34,35)22-8-2-18(3-9-22)29-23(33)14-20(15-32)31-12-13-36-24(17-31)10-11-30(16-24)19-4-6-21(7-5-19)37-25(26,27)28/h2-9,20,32H,10-17H2,1H3,(H,29,33). The summed E-state index contributed by atoms with van der Waals surface area (Å²) in [6.45, 7) is 2.35. The average molecular weight is 558 g/mol. The fourth-order valence-corrected chi connectivity index (χ4v) is 5.51. The number of benzene rings is 2. The molecule has 1 amide bonds. The van der Waals surface area contributed by atoms with E-state index in [1.165, 1.54) is 36.4 Å². The topological polar surface area (TPSA) is 108 Å². The van der Waals surface area contributed by atoms with E-state index in [0.717, 1.165) is 11.9 Å². The highest BCUT2D eigenvalue weighted by atomic mass is 32.2. The summed E-state index contributed by atoms with van der Waals surface area (Å²) < 4.78 is 70.6. The minimum Gasteiger partial charge on any atom is -0.406 e. The highest BCUT2D eigenvalue weighted by Gasteiger charge is 2.44. The molecule has 1 spiro atoms. The molecule has 4 rings (SSSR count). The van der Waals surface area contributed by atoms with E-state index in [4.69, 9.17) is 4.74 Å². The number of alkyl halides is 3. The molecule has 2 N–H and O–H groups in total. The van der Waals surface area contributed by atoms with E-state index in [-0.39, 0.29) is 29.6 Å². The Balaban J connectivity index is 1.34. The molecule has 2 atom stereocenters. The Morgan fingerprint density at radius 1 is 1.13 bits per heavy atom. The molecule has 0 aromatic heterocycles. The fourth-order valence-electron chi connectivity index (χ4n) is 4.88. The number of aliphatic hydroxyl groups excluding tert-OH is 1. The first-order valence-electron chi connectivity index (χ1n) is 12.1. The zero-order valence-corrected chi connectivity index (χ0v) is 21.6. The Morgan fingerprint density at radius 3 is 2.42 bits per heavy atom. The van der Waals surface area contributed by atoms with E-state index >= 15 is 0 Å². The lowest BCUT2D eigenvalue weighted by Crippen LogP contribution is -2.57. The number of carbonyl (C=O) groups is 1. The second-order valence-corrected chi connectivity index (χ2v) is 11.6. The molecule has 208 valence electrons. The van der Waals surface area contributed by atoms with E-state index in [1.54, 1.807) is 12.1 Å². The van der Waals surface area contributed by atoms with Gasteiger partial charge in [-0.15, -0.1) is 13.2 Å². The van der Waals surface area contributed by atoms with Crippen molar-refractivity contribution in [1.29, 1.82) is 0 Å². The van der Waals surface area contributed by atoms with E-state index in [0.29, 0.717) is 44.9 Å². The van der Waals surface area contributed by atoms with Crippen LogP contribution in [-0.2, 0) is 19.4 Å². The maximum Gasteiger partial charge on any atom is 0.573 e. The maximum absolute atomic E-state index is 12.7. The number of amides is 1. The van der Waals surface area contributed by atoms with Gasteiger partial charge in [-0.25, -0.2) is 8.42 Å². The number of hydrogen-bond acceptors (Lipinski definition) is 8. The molecule has 38 heavy (non-hydrogen) atoms. The highest BCUT2D eigenvalue weighted by Crippen LogP contribution is 2.34. The van der Waals surface area contributed by atoms with Crippen LogP contribution in [-0.4, -0.2) is 88.0 Å². The number of rotatable bonds is 8. The molecule has 2 saturated heterocycles. The van der Waals surface area contributed by atoms with Crippen molar-refractivity contribution in [2.75, 3.05) is 55.9 Å². The van der Waals surface area contributed by atoms with Crippen LogP contribution in [0.3, 0.4) is 0 Å². The van der Waals surface area contributed by atoms with Crippen molar-refractivity contribution in [2.45, 2.75) is 35.7 Å². The van der Waals surface area contributed by atoms with Gasteiger partial charge in [0.05, 0.1) is 23.7 Å². The van der Waals surface area contributed by atoms with Gasteiger partial charge in [-0.3, -0.25) is 9.69 Å². The number of carbonyl (C=O) groups excluding carboxylic acids is 1. The summed E-state index contributed by atoms with van der Waals surface area (Å²) in [7, 11) is -3.34. The third-order valence-corrected chi connectivity index (χ3v) is 7.87. The molecule has 2 aliphatic heterocycles. The third kappa shape index (κ3) is 7.16. The minimum absolute atomic E-state index is 0.0325. The van der Waals surface area contributed by atoms with Crippen LogP contribution in [0.25, 0.3) is 0 Å². The van der Waals surface area contributed by atoms with Gasteiger partial charge in [0.15, 0.2) is 9.84 Å². The number of halogens is 3. The first kappa shape index (κ1) is 28.1. The second kappa shape index (κ2) is 11.1. The SMILES string of the molecule is CS(=O)(=O)c1ccc(NC(=O)CC(CO)N2CCOC3(CCN(c4ccc(OC(F)(F)F)cc4)C3)C2)cc1. The molecule has 13 heteroatoms. The number of aliphatic hydroxyl groups is 1. The van der Waals surface area contributed by atoms with E-state index < -0.39 is 27.8 Å². The molecule has 2 aliphatic rings. The molecule has 2 unspecified atom stereocenters. The van der Waals surface area contributed by atoms with Crippen LogP contribution in [0.5, 0.6) is 5.75 Å². The van der Waals surface area contributed by atoms with Crippen molar-refractivity contribution in [2.24, 2.45) is 0 Å². The van der Waals surface area contributed by atoms with Crippen molar-refractivity contribution in [3.63, 3.8) is 0 Å². The lowest BCUT2D eigenvalue weighted by atomic mass is 9.98. The zero-order valence-electron chi connectivity index (χ0n) is 20.8. The summed E-state index contributed by atoms with van der Waals surface area (Å²) in [5, 5.41) is 12.8. The second-order valence-electron chi connectivity index (χ2n) is 9.60. The number of nitrogens with one attached hydrogen (secondary N) is 1. The number of ether oxygens (including phenoxy) is 2. The van der Waals surface area contributed by atoms with E-state index in [2.05, 4.69) is 10.1 Å². The van der Waals surface area contributed by atoms with Crippen LogP contribution in [0, 0.1) is 0 Å². The number of anilines is 2. The Kier molecular flexibility index (Phi) is 8.21. The number of morpholine rings is 1. The van der Waals surface area contributed by atoms with Crippen molar-refractivity contribution >= 4 is 27.1 Å². The molecular formula is C25H30F3N3O6S. The molecule has 0 aliphatic carbocycles. The van der Waals surface area contributed by atoms with Gasteiger partial charge in [-0.2, -0.15) is 0 Å². The first-order valence-corrected chi connectivity index (χ1v) is 13.9. The Morgan fingerprint density at radius 2 is 1.82 bits per heavy atom. The van der Waals surface area contributed by atoms with Crippen molar-refractivity contribution in [1.82, 2.24) is 4.90 Å². The van der Waals surface area contributed by atoms with Crippen LogP contribution in [0.1, 0.15) is 12.8 Å². The largest absolute Gasteiger partial charge is 0.573 e. The monoisotopic (exact) mass is 557 g/mol. The van der Waals surface area contributed by atoms with E-state index in [1.807, 2.05) is 9.80 Å². The predicted molar refractivity (Wildman–Crippen MR) is 134 cm³/mol. The van der Waals surface area contributed by atoms with Gasteiger partial charge in [-0.05, 0) is 55.0 Å². The molecule has 2 heterocycles. The number of nitrogens with zero attached hydrogens (tertiary/aromatic N) is 2. The first-order chi connectivity index (χ1) is 17.9. The lowest BCUT2D eigenvalue weighted by molar-refractivity contribution is -0.274. The van der Waals surface area contributed by atoms with Gasteiger partial charge in [-0.1, -0.05) is 0 Å². The van der Waals surface area contributed by atoms with Crippen molar-refractivity contribution in [3.05, 3.63) is 48.5 Å². The normalized spacial score (nSPS) is 21.4. The summed E-state index contributed by atoms with van der Waals surface area (Å²) >= 11 is 0. The minimum atomic E-state index is -4.75. The zero-order chi connectivity index (χ0) is 27.6.